The van der Waals surface area contributed by atoms with Crippen LogP contribution in [0, 0.1) is 0 Å². The van der Waals surface area contributed by atoms with Crippen molar-refractivity contribution in [3.63, 3.8) is 0 Å². The van der Waals surface area contributed by atoms with Crippen LogP contribution in [0.2, 0.25) is 0 Å². The fourth-order valence-electron chi connectivity index (χ4n) is 4.21. The number of rotatable bonds is 10. The Morgan fingerprint density at radius 1 is 0.550 bits per heavy atom. The van der Waals surface area contributed by atoms with Crippen molar-refractivity contribution in [3.8, 4) is 11.5 Å². The van der Waals surface area contributed by atoms with Gasteiger partial charge in [0.2, 0.25) is 9.92 Å². The number of hydrogen-bond donors (Lipinski definition) is 0. The van der Waals surface area contributed by atoms with Gasteiger partial charge >= 0.3 is 0 Å². The standard InChI is InChI=1S/C28H22N8O2S2/c1-3-8-19(9-4-1)14-25-33-35-23(29-31-27(35)39-25)17-37-21-12-7-13-22(16-21)38-18-24-30-32-28-36(24)34-26(40-28)15-20-10-5-2-6-11-20/h1-13,16H,14-15,17-18H2. The second-order valence-electron chi connectivity index (χ2n) is 8.99. The summed E-state index contributed by atoms with van der Waals surface area (Å²) in [5.74, 6) is 2.58. The van der Waals surface area contributed by atoms with E-state index in [1.54, 1.807) is 9.03 Å². The molecule has 10 nitrogen and oxygen atoms in total. The molecule has 4 aromatic heterocycles. The first kappa shape index (κ1) is 24.4. The second-order valence-corrected chi connectivity index (χ2v) is 11.1. The summed E-state index contributed by atoms with van der Waals surface area (Å²) in [7, 11) is 0. The molecule has 0 radical (unpaired) electrons. The Balaban J connectivity index is 0.988. The van der Waals surface area contributed by atoms with E-state index in [2.05, 4.69) is 44.7 Å². The topological polar surface area (TPSA) is 105 Å². The van der Waals surface area contributed by atoms with E-state index >= 15 is 0 Å². The lowest BCUT2D eigenvalue weighted by Crippen LogP contribution is -2.04. The van der Waals surface area contributed by atoms with Gasteiger partial charge in [0.05, 0.1) is 0 Å². The Hall–Kier alpha value is -4.68. The highest BCUT2D eigenvalue weighted by molar-refractivity contribution is 7.17. The molecule has 3 aromatic carbocycles. The van der Waals surface area contributed by atoms with Crippen LogP contribution in [0.1, 0.15) is 32.8 Å². The lowest BCUT2D eigenvalue weighted by Gasteiger charge is -2.08. The zero-order valence-electron chi connectivity index (χ0n) is 21.1. The maximum Gasteiger partial charge on any atom is 0.234 e. The molecule has 40 heavy (non-hydrogen) atoms. The summed E-state index contributed by atoms with van der Waals surface area (Å²) < 4.78 is 15.5. The molecule has 4 heterocycles. The summed E-state index contributed by atoms with van der Waals surface area (Å²) in [5.41, 5.74) is 2.41. The number of nitrogens with zero attached hydrogens (tertiary/aromatic N) is 8. The summed E-state index contributed by atoms with van der Waals surface area (Å²) in [6, 6.07) is 28.0. The molecular weight excluding hydrogens is 544 g/mol. The van der Waals surface area contributed by atoms with Crippen LogP contribution in [-0.4, -0.2) is 39.6 Å². The van der Waals surface area contributed by atoms with E-state index in [9.17, 15) is 0 Å². The van der Waals surface area contributed by atoms with Gasteiger partial charge in [0.1, 0.15) is 34.7 Å². The molecule has 7 rings (SSSR count). The number of fused-ring (bicyclic) bond motifs is 2. The molecule has 0 N–H and O–H groups in total. The Morgan fingerprint density at radius 2 is 1.02 bits per heavy atom. The van der Waals surface area contributed by atoms with E-state index in [1.165, 1.54) is 33.8 Å². The van der Waals surface area contributed by atoms with E-state index in [0.717, 1.165) is 32.8 Å². The second kappa shape index (κ2) is 10.8. The average Bonchev–Trinajstić information content (AvgIpc) is 3.75. The van der Waals surface area contributed by atoms with Gasteiger partial charge in [-0.05, 0) is 23.3 Å². The maximum absolute atomic E-state index is 6.01. The number of ether oxygens (including phenoxy) is 2. The molecule has 0 aliphatic heterocycles. The van der Waals surface area contributed by atoms with Gasteiger partial charge < -0.3 is 9.47 Å². The third-order valence-corrected chi connectivity index (χ3v) is 7.93. The summed E-state index contributed by atoms with van der Waals surface area (Å²) in [4.78, 5) is 1.49. The molecule has 198 valence electrons. The summed E-state index contributed by atoms with van der Waals surface area (Å²) in [6.45, 7) is 0.458. The van der Waals surface area contributed by atoms with Gasteiger partial charge in [-0.25, -0.2) is 0 Å². The van der Waals surface area contributed by atoms with Crippen molar-refractivity contribution in [1.29, 1.82) is 0 Å². The number of aromatic nitrogens is 8. The van der Waals surface area contributed by atoms with Crippen molar-refractivity contribution in [3.05, 3.63) is 118 Å². The van der Waals surface area contributed by atoms with Crippen molar-refractivity contribution >= 4 is 32.6 Å². The quantitative estimate of drug-likeness (QED) is 0.227. The Morgan fingerprint density at radius 3 is 1.50 bits per heavy atom. The molecule has 0 unspecified atom stereocenters. The fourth-order valence-corrected chi connectivity index (χ4v) is 5.98. The van der Waals surface area contributed by atoms with E-state index < -0.39 is 0 Å². The van der Waals surface area contributed by atoms with Crippen LogP contribution in [0.15, 0.2) is 84.9 Å². The average molecular weight is 567 g/mol. The van der Waals surface area contributed by atoms with Gasteiger partial charge in [0.25, 0.3) is 0 Å². The molecule has 0 saturated carbocycles. The van der Waals surface area contributed by atoms with Crippen LogP contribution >= 0.6 is 22.7 Å². The lowest BCUT2D eigenvalue weighted by atomic mass is 10.2. The fraction of sp³-hybridized carbons (Fsp3) is 0.143. The zero-order valence-corrected chi connectivity index (χ0v) is 22.8. The normalized spacial score (nSPS) is 11.4. The van der Waals surface area contributed by atoms with Crippen LogP contribution in [0.4, 0.5) is 0 Å². The number of hydrogen-bond acceptors (Lipinski definition) is 10. The highest BCUT2D eigenvalue weighted by Gasteiger charge is 2.15. The lowest BCUT2D eigenvalue weighted by molar-refractivity contribution is 0.277. The summed E-state index contributed by atoms with van der Waals surface area (Å²) in [6.07, 6.45) is 1.50. The van der Waals surface area contributed by atoms with Crippen LogP contribution in [0.5, 0.6) is 11.5 Å². The van der Waals surface area contributed by atoms with Gasteiger partial charge in [-0.1, -0.05) is 89.4 Å². The van der Waals surface area contributed by atoms with Gasteiger partial charge in [0, 0.05) is 18.9 Å². The van der Waals surface area contributed by atoms with Gasteiger partial charge in [-0.3, -0.25) is 0 Å². The van der Waals surface area contributed by atoms with E-state index in [0.29, 0.717) is 23.1 Å². The molecule has 0 spiro atoms. The van der Waals surface area contributed by atoms with Gasteiger partial charge in [-0.2, -0.15) is 19.2 Å². The highest BCUT2D eigenvalue weighted by atomic mass is 32.1. The van der Waals surface area contributed by atoms with Crippen LogP contribution < -0.4 is 9.47 Å². The molecule has 0 amide bonds. The van der Waals surface area contributed by atoms with Crippen molar-refractivity contribution < 1.29 is 9.47 Å². The van der Waals surface area contributed by atoms with Crippen LogP contribution in [0.25, 0.3) is 9.92 Å². The predicted octanol–water partition coefficient (Wildman–Crippen LogP) is 5.02. The van der Waals surface area contributed by atoms with Crippen molar-refractivity contribution in [2.75, 3.05) is 0 Å². The first-order valence-electron chi connectivity index (χ1n) is 12.6. The van der Waals surface area contributed by atoms with E-state index in [1.807, 2.05) is 60.7 Å². The Labute approximate surface area is 236 Å². The molecule has 0 fully saturated rings. The van der Waals surface area contributed by atoms with Gasteiger partial charge in [-0.15, -0.1) is 20.4 Å². The molecule has 0 atom stereocenters. The molecule has 0 bridgehead atoms. The highest BCUT2D eigenvalue weighted by Crippen LogP contribution is 2.23. The molecule has 12 heteroatoms. The van der Waals surface area contributed by atoms with Gasteiger partial charge in [0.15, 0.2) is 11.6 Å². The molecule has 0 saturated heterocycles. The maximum atomic E-state index is 6.01. The van der Waals surface area contributed by atoms with Crippen LogP contribution in [0.3, 0.4) is 0 Å². The van der Waals surface area contributed by atoms with Crippen molar-refractivity contribution in [1.82, 2.24) is 39.6 Å². The summed E-state index contributed by atoms with van der Waals surface area (Å²) >= 11 is 3.06. The minimum Gasteiger partial charge on any atom is -0.485 e. The first-order chi connectivity index (χ1) is 19.8. The third-order valence-electron chi connectivity index (χ3n) is 6.13. The Kier molecular flexibility index (Phi) is 6.60. The summed E-state index contributed by atoms with van der Waals surface area (Å²) in [5, 5.41) is 28.4. The monoisotopic (exact) mass is 566 g/mol. The largest absolute Gasteiger partial charge is 0.485 e. The molecule has 0 aliphatic carbocycles. The SMILES string of the molecule is c1ccc(Cc2nn3c(COc4cccc(OCc5nnc6sc(Cc7ccccc7)nn56)c4)nnc3s2)cc1. The van der Waals surface area contributed by atoms with Crippen LogP contribution in [-0.2, 0) is 26.1 Å². The minimum absolute atomic E-state index is 0.229. The predicted molar refractivity (Wildman–Crippen MR) is 151 cm³/mol. The Bertz CT molecular complexity index is 1740. The molecule has 0 aliphatic rings. The smallest absolute Gasteiger partial charge is 0.234 e. The third kappa shape index (κ3) is 5.26. The van der Waals surface area contributed by atoms with Crippen molar-refractivity contribution in [2.24, 2.45) is 0 Å². The van der Waals surface area contributed by atoms with Crippen molar-refractivity contribution in [2.45, 2.75) is 26.1 Å². The van der Waals surface area contributed by atoms with E-state index in [-0.39, 0.29) is 13.2 Å². The molecular formula is C28H22N8O2S2. The van der Waals surface area contributed by atoms with E-state index in [4.69, 9.17) is 19.7 Å². The molecule has 7 aromatic rings. The first-order valence-corrected chi connectivity index (χ1v) is 14.2. The number of benzene rings is 3. The zero-order chi connectivity index (χ0) is 26.7. The minimum atomic E-state index is 0.229.